The standard InChI is InChI=1S/C13H24N2O6/c1-8(2)10(7-21-3)15-13(20)14-9(12(18)19)5-4-6-11(16)17/h8-10H,4-7H2,1-3H3,(H,16,17)(H,18,19)(H2,14,15,20)/t9-,10?/m1/s1. The highest BCUT2D eigenvalue weighted by Crippen LogP contribution is 2.04. The van der Waals surface area contributed by atoms with Gasteiger partial charge in [0.05, 0.1) is 12.6 Å². The van der Waals surface area contributed by atoms with Gasteiger partial charge in [-0.2, -0.15) is 0 Å². The van der Waals surface area contributed by atoms with Gasteiger partial charge in [0, 0.05) is 13.5 Å². The lowest BCUT2D eigenvalue weighted by Crippen LogP contribution is -2.51. The van der Waals surface area contributed by atoms with Crippen LogP contribution in [-0.2, 0) is 14.3 Å². The third-order valence-corrected chi connectivity index (χ3v) is 2.95. The highest BCUT2D eigenvalue weighted by molar-refractivity contribution is 5.82. The molecule has 21 heavy (non-hydrogen) atoms. The number of ether oxygens (including phenoxy) is 1. The minimum atomic E-state index is -1.19. The molecule has 0 aliphatic rings. The minimum Gasteiger partial charge on any atom is -0.481 e. The fourth-order valence-corrected chi connectivity index (χ4v) is 1.66. The van der Waals surface area contributed by atoms with Crippen molar-refractivity contribution < 1.29 is 29.3 Å². The summed E-state index contributed by atoms with van der Waals surface area (Å²) in [5.41, 5.74) is 0. The zero-order valence-electron chi connectivity index (χ0n) is 12.6. The number of methoxy groups -OCH3 is 1. The summed E-state index contributed by atoms with van der Waals surface area (Å²) in [6.07, 6.45) is 0.106. The molecular formula is C13H24N2O6. The minimum absolute atomic E-state index is 0.0612. The second-order valence-electron chi connectivity index (χ2n) is 5.10. The van der Waals surface area contributed by atoms with Crippen molar-refractivity contribution in [1.82, 2.24) is 10.6 Å². The van der Waals surface area contributed by atoms with Crippen molar-refractivity contribution in [3.8, 4) is 0 Å². The molecule has 0 saturated heterocycles. The molecule has 8 heteroatoms. The summed E-state index contributed by atoms with van der Waals surface area (Å²) < 4.78 is 4.99. The van der Waals surface area contributed by atoms with E-state index in [4.69, 9.17) is 14.9 Å². The Balaban J connectivity index is 4.39. The highest BCUT2D eigenvalue weighted by atomic mass is 16.5. The van der Waals surface area contributed by atoms with Gasteiger partial charge in [-0.1, -0.05) is 13.8 Å². The molecule has 2 amide bonds. The predicted molar refractivity (Wildman–Crippen MR) is 75.1 cm³/mol. The number of carbonyl (C=O) groups is 3. The molecule has 0 saturated carbocycles. The van der Waals surface area contributed by atoms with Gasteiger partial charge in [0.15, 0.2) is 0 Å². The average molecular weight is 304 g/mol. The molecule has 0 spiro atoms. The van der Waals surface area contributed by atoms with Gasteiger partial charge in [0.1, 0.15) is 6.04 Å². The van der Waals surface area contributed by atoms with Gasteiger partial charge < -0.3 is 25.6 Å². The van der Waals surface area contributed by atoms with E-state index in [9.17, 15) is 14.4 Å². The van der Waals surface area contributed by atoms with Crippen LogP contribution in [-0.4, -0.2) is 54.0 Å². The van der Waals surface area contributed by atoms with Gasteiger partial charge in [0.25, 0.3) is 0 Å². The first-order chi connectivity index (χ1) is 9.77. The number of amides is 2. The summed E-state index contributed by atoms with van der Waals surface area (Å²) in [7, 11) is 1.51. The zero-order valence-corrected chi connectivity index (χ0v) is 12.6. The Morgan fingerprint density at radius 3 is 2.19 bits per heavy atom. The number of hydrogen-bond acceptors (Lipinski definition) is 4. The summed E-state index contributed by atoms with van der Waals surface area (Å²) in [6.45, 7) is 4.14. The van der Waals surface area contributed by atoms with Gasteiger partial charge in [0.2, 0.25) is 0 Å². The second-order valence-corrected chi connectivity index (χ2v) is 5.10. The van der Waals surface area contributed by atoms with Crippen molar-refractivity contribution in [1.29, 1.82) is 0 Å². The van der Waals surface area contributed by atoms with Crippen molar-refractivity contribution in [2.24, 2.45) is 5.92 Å². The van der Waals surface area contributed by atoms with Crippen LogP contribution in [0.15, 0.2) is 0 Å². The van der Waals surface area contributed by atoms with Crippen molar-refractivity contribution >= 4 is 18.0 Å². The molecule has 2 atom stereocenters. The molecule has 0 aromatic carbocycles. The molecule has 0 bridgehead atoms. The molecule has 122 valence electrons. The molecule has 1 unspecified atom stereocenters. The Morgan fingerprint density at radius 2 is 1.76 bits per heavy atom. The van der Waals surface area contributed by atoms with Crippen LogP contribution in [0.1, 0.15) is 33.1 Å². The fraction of sp³-hybridized carbons (Fsp3) is 0.769. The molecular weight excluding hydrogens is 280 g/mol. The van der Waals surface area contributed by atoms with Crippen LogP contribution in [0.4, 0.5) is 4.79 Å². The van der Waals surface area contributed by atoms with Gasteiger partial charge in [-0.05, 0) is 18.8 Å². The van der Waals surface area contributed by atoms with Crippen LogP contribution in [0.3, 0.4) is 0 Å². The SMILES string of the molecule is COCC(NC(=O)N[C@H](CCCC(=O)O)C(=O)O)C(C)C. The molecule has 0 fully saturated rings. The first kappa shape index (κ1) is 19.2. The van der Waals surface area contributed by atoms with Crippen LogP contribution in [0.25, 0.3) is 0 Å². The number of nitrogens with one attached hydrogen (secondary N) is 2. The van der Waals surface area contributed by atoms with Crippen LogP contribution >= 0.6 is 0 Å². The molecule has 0 aromatic heterocycles. The number of rotatable bonds is 10. The average Bonchev–Trinajstić information content (AvgIpc) is 2.36. The number of hydrogen-bond donors (Lipinski definition) is 4. The summed E-state index contributed by atoms with van der Waals surface area (Å²) in [4.78, 5) is 33.2. The van der Waals surface area contributed by atoms with Crippen LogP contribution in [0, 0.1) is 5.92 Å². The monoisotopic (exact) mass is 304 g/mol. The van der Waals surface area contributed by atoms with Crippen molar-refractivity contribution in [2.75, 3.05) is 13.7 Å². The third kappa shape index (κ3) is 8.85. The topological polar surface area (TPSA) is 125 Å². The number of carboxylic acids is 2. The molecule has 0 aromatic rings. The zero-order chi connectivity index (χ0) is 16.4. The molecule has 0 heterocycles. The number of carboxylic acid groups (broad SMARTS) is 2. The van der Waals surface area contributed by atoms with Gasteiger partial charge >= 0.3 is 18.0 Å². The van der Waals surface area contributed by atoms with E-state index >= 15 is 0 Å². The lowest BCUT2D eigenvalue weighted by atomic mass is 10.1. The lowest BCUT2D eigenvalue weighted by molar-refractivity contribution is -0.140. The Kier molecular flexibility index (Phi) is 9.11. The normalized spacial score (nSPS) is 13.5. The van der Waals surface area contributed by atoms with Gasteiger partial charge in [-0.3, -0.25) is 4.79 Å². The Bertz CT molecular complexity index is 359. The van der Waals surface area contributed by atoms with Crippen molar-refractivity contribution in [3.63, 3.8) is 0 Å². The van der Waals surface area contributed by atoms with Crippen LogP contribution < -0.4 is 10.6 Å². The summed E-state index contributed by atoms with van der Waals surface area (Å²) >= 11 is 0. The van der Waals surface area contributed by atoms with Crippen molar-refractivity contribution in [2.45, 2.75) is 45.2 Å². The first-order valence-corrected chi connectivity index (χ1v) is 6.78. The van der Waals surface area contributed by atoms with E-state index in [0.717, 1.165) is 0 Å². The van der Waals surface area contributed by atoms with E-state index in [0.29, 0.717) is 6.61 Å². The van der Waals surface area contributed by atoms with Gasteiger partial charge in [-0.25, -0.2) is 9.59 Å². The second kappa shape index (κ2) is 9.98. The largest absolute Gasteiger partial charge is 0.481 e. The van der Waals surface area contributed by atoms with E-state index in [1.165, 1.54) is 7.11 Å². The summed E-state index contributed by atoms with van der Waals surface area (Å²) in [5.74, 6) is -2.06. The van der Waals surface area contributed by atoms with E-state index in [2.05, 4.69) is 10.6 Å². The molecule has 0 aliphatic carbocycles. The first-order valence-electron chi connectivity index (χ1n) is 6.78. The molecule has 8 nitrogen and oxygen atoms in total. The fourth-order valence-electron chi connectivity index (χ4n) is 1.66. The van der Waals surface area contributed by atoms with Crippen LogP contribution in [0.2, 0.25) is 0 Å². The molecule has 0 radical (unpaired) electrons. The van der Waals surface area contributed by atoms with E-state index in [1.807, 2.05) is 13.8 Å². The van der Waals surface area contributed by atoms with E-state index in [-0.39, 0.29) is 31.2 Å². The highest BCUT2D eigenvalue weighted by Gasteiger charge is 2.22. The Hall–Kier alpha value is -1.83. The maximum Gasteiger partial charge on any atom is 0.326 e. The van der Waals surface area contributed by atoms with E-state index < -0.39 is 24.0 Å². The number of aliphatic carboxylic acids is 2. The number of urea groups is 1. The van der Waals surface area contributed by atoms with E-state index in [1.54, 1.807) is 0 Å². The summed E-state index contributed by atoms with van der Waals surface area (Å²) in [5, 5.41) is 22.5. The third-order valence-electron chi connectivity index (χ3n) is 2.95. The quantitative estimate of drug-likeness (QED) is 0.470. The van der Waals surface area contributed by atoms with Gasteiger partial charge in [-0.15, -0.1) is 0 Å². The lowest BCUT2D eigenvalue weighted by Gasteiger charge is -2.23. The predicted octanol–water partition coefficient (Wildman–Crippen LogP) is 0.665. The maximum absolute atomic E-state index is 11.8. The smallest absolute Gasteiger partial charge is 0.326 e. The Morgan fingerprint density at radius 1 is 1.14 bits per heavy atom. The van der Waals surface area contributed by atoms with Crippen LogP contribution in [0.5, 0.6) is 0 Å². The molecule has 0 rings (SSSR count). The Labute approximate surface area is 123 Å². The molecule has 4 N–H and O–H groups in total. The summed E-state index contributed by atoms with van der Waals surface area (Å²) in [6, 6.07) is -1.95. The number of carbonyl (C=O) groups excluding carboxylic acids is 1. The van der Waals surface area contributed by atoms with Crippen molar-refractivity contribution in [3.05, 3.63) is 0 Å². The maximum atomic E-state index is 11.8. The molecule has 0 aliphatic heterocycles.